The maximum Gasteiger partial charge on any atom is 0.0897 e. The van der Waals surface area contributed by atoms with E-state index in [1.165, 1.54) is 4.88 Å². The summed E-state index contributed by atoms with van der Waals surface area (Å²) in [5, 5.41) is 4.64. The monoisotopic (exact) mass is 263 g/mol. The molecule has 0 saturated carbocycles. The predicted octanol–water partition coefficient (Wildman–Crippen LogP) is 2.34. The molecule has 0 radical (unpaired) electrons. The van der Waals surface area contributed by atoms with E-state index in [9.17, 15) is 0 Å². The van der Waals surface area contributed by atoms with E-state index in [0.29, 0.717) is 12.5 Å². The number of aromatic nitrogens is 1. The molecule has 0 amide bonds. The lowest BCUT2D eigenvalue weighted by Crippen LogP contribution is -2.52. The van der Waals surface area contributed by atoms with Crippen LogP contribution in [-0.2, 0) is 6.54 Å². The maximum absolute atomic E-state index is 5.80. The third kappa shape index (κ3) is 4.01. The van der Waals surface area contributed by atoms with Crippen molar-refractivity contribution in [1.82, 2.24) is 10.3 Å². The average Bonchev–Trinajstić information content (AvgIpc) is 2.60. The SMILES string of the molecule is Cc1ncc(CNC(C)(CN)C(C)C)s1.Cl. The highest BCUT2D eigenvalue weighted by Crippen LogP contribution is 2.17. The van der Waals surface area contributed by atoms with Gasteiger partial charge >= 0.3 is 0 Å². The molecule has 0 saturated heterocycles. The Hall–Kier alpha value is -0.160. The molecule has 0 aromatic carbocycles. The van der Waals surface area contributed by atoms with Crippen LogP contribution in [0.1, 0.15) is 30.7 Å². The molecule has 1 heterocycles. The summed E-state index contributed by atoms with van der Waals surface area (Å²) in [5.41, 5.74) is 5.81. The predicted molar refractivity (Wildman–Crippen MR) is 73.2 cm³/mol. The van der Waals surface area contributed by atoms with E-state index >= 15 is 0 Å². The van der Waals surface area contributed by atoms with Gasteiger partial charge < -0.3 is 11.1 Å². The molecule has 3 nitrogen and oxygen atoms in total. The number of hydrogen-bond donors (Lipinski definition) is 2. The Balaban J connectivity index is 0.00000225. The number of thiazole rings is 1. The number of aryl methyl sites for hydroxylation is 1. The molecule has 0 bridgehead atoms. The van der Waals surface area contributed by atoms with E-state index in [1.54, 1.807) is 11.3 Å². The summed E-state index contributed by atoms with van der Waals surface area (Å²) in [6.45, 7) is 10.1. The normalized spacial score (nSPS) is 14.6. The van der Waals surface area contributed by atoms with Crippen molar-refractivity contribution in [2.75, 3.05) is 6.54 Å². The fraction of sp³-hybridized carbons (Fsp3) is 0.727. The second-order valence-electron chi connectivity index (χ2n) is 4.48. The highest BCUT2D eigenvalue weighted by atomic mass is 35.5. The minimum atomic E-state index is 0. The third-order valence-electron chi connectivity index (χ3n) is 3.03. The van der Waals surface area contributed by atoms with Crippen LogP contribution < -0.4 is 11.1 Å². The van der Waals surface area contributed by atoms with Crippen LogP contribution in [0.4, 0.5) is 0 Å². The van der Waals surface area contributed by atoms with E-state index in [-0.39, 0.29) is 17.9 Å². The molecule has 1 unspecified atom stereocenters. The summed E-state index contributed by atoms with van der Waals surface area (Å²) in [7, 11) is 0. The summed E-state index contributed by atoms with van der Waals surface area (Å²) in [5.74, 6) is 0.525. The van der Waals surface area contributed by atoms with Crippen LogP contribution in [0.15, 0.2) is 6.20 Å². The van der Waals surface area contributed by atoms with Crippen molar-refractivity contribution in [3.63, 3.8) is 0 Å². The van der Waals surface area contributed by atoms with E-state index in [4.69, 9.17) is 5.73 Å². The van der Waals surface area contributed by atoms with E-state index in [1.807, 2.05) is 13.1 Å². The van der Waals surface area contributed by atoms with Gasteiger partial charge in [-0.05, 0) is 19.8 Å². The van der Waals surface area contributed by atoms with Gasteiger partial charge in [-0.1, -0.05) is 13.8 Å². The number of nitrogens with two attached hydrogens (primary N) is 1. The molecule has 1 aromatic heterocycles. The molecule has 1 rings (SSSR count). The topological polar surface area (TPSA) is 50.9 Å². The molecule has 5 heteroatoms. The molecule has 0 spiro atoms. The van der Waals surface area contributed by atoms with Gasteiger partial charge in [-0.15, -0.1) is 23.7 Å². The summed E-state index contributed by atoms with van der Waals surface area (Å²) in [6.07, 6.45) is 1.93. The zero-order chi connectivity index (χ0) is 11.5. The van der Waals surface area contributed by atoms with Gasteiger partial charge in [0.1, 0.15) is 0 Å². The smallest absolute Gasteiger partial charge is 0.0897 e. The van der Waals surface area contributed by atoms with Gasteiger partial charge in [-0.25, -0.2) is 4.98 Å². The lowest BCUT2D eigenvalue weighted by molar-refractivity contribution is 0.268. The Morgan fingerprint density at radius 3 is 2.56 bits per heavy atom. The Bertz CT molecular complexity index is 314. The van der Waals surface area contributed by atoms with Crippen molar-refractivity contribution >= 4 is 23.7 Å². The standard InChI is InChI=1S/C11H21N3S.ClH/c1-8(2)11(4,7-12)14-6-10-5-13-9(3)15-10;/h5,8,14H,6-7,12H2,1-4H3;1H. The molecule has 0 aliphatic carbocycles. The second-order valence-corrected chi connectivity index (χ2v) is 5.79. The van der Waals surface area contributed by atoms with Gasteiger partial charge in [0.15, 0.2) is 0 Å². The minimum absolute atomic E-state index is 0. The van der Waals surface area contributed by atoms with Gasteiger partial charge in [-0.3, -0.25) is 0 Å². The minimum Gasteiger partial charge on any atom is -0.329 e. The number of halogens is 1. The van der Waals surface area contributed by atoms with Crippen LogP contribution in [0.5, 0.6) is 0 Å². The molecular formula is C11H22ClN3S. The summed E-state index contributed by atoms with van der Waals surface area (Å²) < 4.78 is 0. The zero-order valence-electron chi connectivity index (χ0n) is 10.4. The highest BCUT2D eigenvalue weighted by molar-refractivity contribution is 7.11. The molecular weight excluding hydrogens is 242 g/mol. The first-order valence-corrected chi connectivity index (χ1v) is 6.16. The van der Waals surface area contributed by atoms with Gasteiger partial charge in [0.05, 0.1) is 5.01 Å². The summed E-state index contributed by atoms with van der Waals surface area (Å²) in [4.78, 5) is 5.51. The summed E-state index contributed by atoms with van der Waals surface area (Å²) in [6, 6.07) is 0. The van der Waals surface area contributed by atoms with E-state index in [2.05, 4.69) is 31.1 Å². The van der Waals surface area contributed by atoms with Crippen molar-refractivity contribution in [3.05, 3.63) is 16.1 Å². The number of nitrogens with one attached hydrogen (secondary N) is 1. The van der Waals surface area contributed by atoms with Crippen molar-refractivity contribution in [3.8, 4) is 0 Å². The van der Waals surface area contributed by atoms with Crippen molar-refractivity contribution in [2.45, 2.75) is 39.8 Å². The number of nitrogens with zero attached hydrogens (tertiary/aromatic N) is 1. The fourth-order valence-corrected chi connectivity index (χ4v) is 2.02. The highest BCUT2D eigenvalue weighted by Gasteiger charge is 2.25. The van der Waals surface area contributed by atoms with Gasteiger partial charge in [0.2, 0.25) is 0 Å². The fourth-order valence-electron chi connectivity index (χ4n) is 1.29. The third-order valence-corrected chi connectivity index (χ3v) is 3.95. The molecule has 3 N–H and O–H groups in total. The van der Waals surface area contributed by atoms with Crippen LogP contribution in [0.2, 0.25) is 0 Å². The quantitative estimate of drug-likeness (QED) is 0.857. The van der Waals surface area contributed by atoms with Gasteiger partial charge in [0, 0.05) is 29.7 Å². The average molecular weight is 264 g/mol. The van der Waals surface area contributed by atoms with Crippen molar-refractivity contribution < 1.29 is 0 Å². The van der Waals surface area contributed by atoms with Gasteiger partial charge in [0.25, 0.3) is 0 Å². The van der Waals surface area contributed by atoms with Crippen LogP contribution in [0.25, 0.3) is 0 Å². The largest absolute Gasteiger partial charge is 0.329 e. The maximum atomic E-state index is 5.80. The molecule has 0 aliphatic rings. The lowest BCUT2D eigenvalue weighted by atomic mass is 9.88. The molecule has 1 atom stereocenters. The first-order chi connectivity index (χ1) is 6.98. The van der Waals surface area contributed by atoms with Crippen LogP contribution in [0.3, 0.4) is 0 Å². The Kier molecular flexibility index (Phi) is 6.48. The van der Waals surface area contributed by atoms with Crippen LogP contribution in [0, 0.1) is 12.8 Å². The second kappa shape index (κ2) is 6.55. The molecule has 0 fully saturated rings. The number of hydrogen-bond acceptors (Lipinski definition) is 4. The van der Waals surface area contributed by atoms with Crippen LogP contribution >= 0.6 is 23.7 Å². The van der Waals surface area contributed by atoms with E-state index < -0.39 is 0 Å². The van der Waals surface area contributed by atoms with Crippen LogP contribution in [-0.4, -0.2) is 17.1 Å². The lowest BCUT2D eigenvalue weighted by Gasteiger charge is -2.33. The Morgan fingerprint density at radius 2 is 2.19 bits per heavy atom. The molecule has 0 aliphatic heterocycles. The first kappa shape index (κ1) is 15.8. The Labute approximate surface area is 108 Å². The summed E-state index contributed by atoms with van der Waals surface area (Å²) >= 11 is 1.74. The molecule has 16 heavy (non-hydrogen) atoms. The first-order valence-electron chi connectivity index (χ1n) is 5.34. The Morgan fingerprint density at radius 1 is 1.56 bits per heavy atom. The molecule has 94 valence electrons. The zero-order valence-corrected chi connectivity index (χ0v) is 12.0. The van der Waals surface area contributed by atoms with Gasteiger partial charge in [-0.2, -0.15) is 0 Å². The number of rotatable bonds is 5. The van der Waals surface area contributed by atoms with Crippen molar-refractivity contribution in [2.24, 2.45) is 11.7 Å². The van der Waals surface area contributed by atoms with Crippen molar-refractivity contribution in [1.29, 1.82) is 0 Å². The van der Waals surface area contributed by atoms with E-state index in [0.717, 1.165) is 11.6 Å². The molecule has 1 aromatic rings.